The number of carbonyl (C=O) groups is 2. The average molecular weight is 415 g/mol. The molecule has 31 heavy (non-hydrogen) atoms. The average Bonchev–Trinajstić information content (AvgIpc) is 2.84. The lowest BCUT2D eigenvalue weighted by Gasteiger charge is -2.27. The standard InChI is InChI=1S/C26H26N2O3/c29-25(19-23(20-9-3-1-4-10-20)21-11-5-2-6-12-21)27-24-14-8-7-13-22(24)26(30)28-15-17-31-18-16-28/h1-14,23H,15-19H2,(H,27,29). The molecule has 1 aliphatic rings. The van der Waals surface area contributed by atoms with Crippen molar-refractivity contribution in [1.29, 1.82) is 0 Å². The third-order valence-electron chi connectivity index (χ3n) is 5.52. The Labute approximate surface area is 182 Å². The van der Waals surface area contributed by atoms with Crippen molar-refractivity contribution in [2.45, 2.75) is 12.3 Å². The number of anilines is 1. The minimum atomic E-state index is -0.125. The van der Waals surface area contributed by atoms with Gasteiger partial charge in [0.2, 0.25) is 5.91 Å². The van der Waals surface area contributed by atoms with E-state index in [0.29, 0.717) is 37.6 Å². The van der Waals surface area contributed by atoms with Crippen LogP contribution in [0.15, 0.2) is 84.9 Å². The molecule has 4 rings (SSSR count). The zero-order valence-corrected chi connectivity index (χ0v) is 17.4. The molecule has 3 aromatic rings. The number of ether oxygens (including phenoxy) is 1. The molecule has 1 fully saturated rings. The van der Waals surface area contributed by atoms with Gasteiger partial charge in [-0.3, -0.25) is 9.59 Å². The van der Waals surface area contributed by atoms with Crippen LogP contribution in [0.5, 0.6) is 0 Å². The molecule has 5 heteroatoms. The first-order valence-electron chi connectivity index (χ1n) is 10.6. The maximum absolute atomic E-state index is 13.1. The number of nitrogens with zero attached hydrogens (tertiary/aromatic N) is 1. The van der Waals surface area contributed by atoms with Gasteiger partial charge in [-0.25, -0.2) is 0 Å². The number of morpholine rings is 1. The van der Waals surface area contributed by atoms with Crippen LogP contribution in [0.3, 0.4) is 0 Å². The van der Waals surface area contributed by atoms with Gasteiger partial charge in [0.15, 0.2) is 0 Å². The summed E-state index contributed by atoms with van der Waals surface area (Å²) in [5.74, 6) is -0.272. The smallest absolute Gasteiger partial charge is 0.256 e. The molecule has 0 saturated carbocycles. The lowest BCUT2D eigenvalue weighted by Crippen LogP contribution is -2.41. The van der Waals surface area contributed by atoms with Gasteiger partial charge in [-0.2, -0.15) is 0 Å². The van der Waals surface area contributed by atoms with Gasteiger partial charge in [-0.1, -0.05) is 72.8 Å². The Balaban J connectivity index is 1.53. The Bertz CT molecular complexity index is 976. The second kappa shape index (κ2) is 10.0. The largest absolute Gasteiger partial charge is 0.378 e. The molecule has 0 unspecified atom stereocenters. The predicted molar refractivity (Wildman–Crippen MR) is 121 cm³/mol. The summed E-state index contributed by atoms with van der Waals surface area (Å²) >= 11 is 0. The van der Waals surface area contributed by atoms with Crippen molar-refractivity contribution in [3.05, 3.63) is 102 Å². The normalized spacial score (nSPS) is 13.8. The molecule has 0 atom stereocenters. The van der Waals surface area contributed by atoms with Crippen LogP contribution in [-0.4, -0.2) is 43.0 Å². The fourth-order valence-electron chi connectivity index (χ4n) is 3.90. The zero-order chi connectivity index (χ0) is 21.5. The van der Waals surface area contributed by atoms with Crippen LogP contribution >= 0.6 is 0 Å². The monoisotopic (exact) mass is 414 g/mol. The fraction of sp³-hybridized carbons (Fsp3) is 0.231. The SMILES string of the molecule is O=C(CC(c1ccccc1)c1ccccc1)Nc1ccccc1C(=O)N1CCOCC1. The molecule has 0 bridgehead atoms. The van der Waals surface area contributed by atoms with Gasteiger partial charge in [0.1, 0.15) is 0 Å². The zero-order valence-electron chi connectivity index (χ0n) is 17.4. The molecule has 158 valence electrons. The van der Waals surface area contributed by atoms with E-state index in [0.717, 1.165) is 11.1 Å². The first-order valence-corrected chi connectivity index (χ1v) is 10.6. The molecule has 1 saturated heterocycles. The number of benzene rings is 3. The third-order valence-corrected chi connectivity index (χ3v) is 5.52. The van der Waals surface area contributed by atoms with Crippen LogP contribution in [0.25, 0.3) is 0 Å². The lowest BCUT2D eigenvalue weighted by atomic mass is 9.88. The van der Waals surface area contributed by atoms with E-state index < -0.39 is 0 Å². The summed E-state index contributed by atoms with van der Waals surface area (Å²) in [5, 5.41) is 2.98. The number of amides is 2. The molecule has 5 nitrogen and oxygen atoms in total. The second-order valence-electron chi connectivity index (χ2n) is 7.58. The van der Waals surface area contributed by atoms with E-state index in [2.05, 4.69) is 5.32 Å². The van der Waals surface area contributed by atoms with Gasteiger partial charge in [0.25, 0.3) is 5.91 Å². The predicted octanol–water partition coefficient (Wildman–Crippen LogP) is 4.32. The van der Waals surface area contributed by atoms with E-state index in [-0.39, 0.29) is 24.2 Å². The van der Waals surface area contributed by atoms with Crippen LogP contribution in [0.2, 0.25) is 0 Å². The molecule has 1 heterocycles. The van der Waals surface area contributed by atoms with Crippen molar-refractivity contribution >= 4 is 17.5 Å². The molecule has 3 aromatic carbocycles. The van der Waals surface area contributed by atoms with Gasteiger partial charge in [-0.15, -0.1) is 0 Å². The van der Waals surface area contributed by atoms with Crippen LogP contribution in [-0.2, 0) is 9.53 Å². The van der Waals surface area contributed by atoms with Crippen molar-refractivity contribution in [2.24, 2.45) is 0 Å². The first-order chi connectivity index (χ1) is 15.2. The van der Waals surface area contributed by atoms with Gasteiger partial charge in [0.05, 0.1) is 24.5 Å². The van der Waals surface area contributed by atoms with E-state index in [1.807, 2.05) is 72.8 Å². The highest BCUT2D eigenvalue weighted by molar-refractivity contribution is 6.04. The fourth-order valence-corrected chi connectivity index (χ4v) is 3.90. The molecule has 2 amide bonds. The van der Waals surface area contributed by atoms with E-state index in [4.69, 9.17) is 4.74 Å². The van der Waals surface area contributed by atoms with Crippen molar-refractivity contribution < 1.29 is 14.3 Å². The lowest BCUT2D eigenvalue weighted by molar-refractivity contribution is -0.116. The molecule has 0 aliphatic carbocycles. The summed E-state index contributed by atoms with van der Waals surface area (Å²) in [6, 6.07) is 27.3. The minimum absolute atomic E-state index is 0.0653. The Morgan fingerprint density at radius 3 is 1.97 bits per heavy atom. The van der Waals surface area contributed by atoms with E-state index in [1.54, 1.807) is 17.0 Å². The topological polar surface area (TPSA) is 58.6 Å². The Hall–Kier alpha value is -3.44. The van der Waals surface area contributed by atoms with Crippen LogP contribution in [0.1, 0.15) is 33.8 Å². The Morgan fingerprint density at radius 1 is 0.806 bits per heavy atom. The van der Waals surface area contributed by atoms with Crippen LogP contribution < -0.4 is 5.32 Å². The van der Waals surface area contributed by atoms with Crippen molar-refractivity contribution in [3.63, 3.8) is 0 Å². The molecule has 0 spiro atoms. The van der Waals surface area contributed by atoms with Gasteiger partial charge >= 0.3 is 0 Å². The van der Waals surface area contributed by atoms with Crippen LogP contribution in [0, 0.1) is 0 Å². The number of hydrogen-bond donors (Lipinski definition) is 1. The highest BCUT2D eigenvalue weighted by Crippen LogP contribution is 2.29. The highest BCUT2D eigenvalue weighted by Gasteiger charge is 2.23. The van der Waals surface area contributed by atoms with Crippen molar-refractivity contribution in [2.75, 3.05) is 31.6 Å². The summed E-state index contributed by atoms with van der Waals surface area (Å²) in [6.07, 6.45) is 0.286. The Kier molecular flexibility index (Phi) is 6.75. The van der Waals surface area contributed by atoms with Crippen molar-refractivity contribution in [1.82, 2.24) is 4.90 Å². The molecule has 1 aliphatic heterocycles. The first kappa shape index (κ1) is 20.8. The Morgan fingerprint density at radius 2 is 1.35 bits per heavy atom. The minimum Gasteiger partial charge on any atom is -0.378 e. The maximum atomic E-state index is 13.1. The molecular formula is C26H26N2O3. The summed E-state index contributed by atoms with van der Waals surface area (Å²) in [6.45, 7) is 2.20. The van der Waals surface area contributed by atoms with E-state index in [1.165, 1.54) is 0 Å². The second-order valence-corrected chi connectivity index (χ2v) is 7.58. The third kappa shape index (κ3) is 5.19. The number of nitrogens with one attached hydrogen (secondary N) is 1. The molecular weight excluding hydrogens is 388 g/mol. The molecule has 1 N–H and O–H groups in total. The molecule has 0 radical (unpaired) electrons. The number of rotatable bonds is 6. The summed E-state index contributed by atoms with van der Waals surface area (Å²) in [7, 11) is 0. The number of hydrogen-bond acceptors (Lipinski definition) is 3. The van der Waals surface area contributed by atoms with Crippen LogP contribution in [0.4, 0.5) is 5.69 Å². The summed E-state index contributed by atoms with van der Waals surface area (Å²) in [5.41, 5.74) is 3.22. The quantitative estimate of drug-likeness (QED) is 0.654. The van der Waals surface area contributed by atoms with E-state index >= 15 is 0 Å². The molecule has 0 aromatic heterocycles. The van der Waals surface area contributed by atoms with Gasteiger partial charge in [-0.05, 0) is 23.3 Å². The van der Waals surface area contributed by atoms with Gasteiger partial charge < -0.3 is 15.0 Å². The van der Waals surface area contributed by atoms with Gasteiger partial charge in [0, 0.05) is 25.4 Å². The number of carbonyl (C=O) groups excluding carboxylic acids is 2. The van der Waals surface area contributed by atoms with E-state index in [9.17, 15) is 9.59 Å². The van der Waals surface area contributed by atoms with Crippen molar-refractivity contribution in [3.8, 4) is 0 Å². The summed E-state index contributed by atoms with van der Waals surface area (Å²) < 4.78 is 5.34. The number of para-hydroxylation sites is 1. The highest BCUT2D eigenvalue weighted by atomic mass is 16.5. The maximum Gasteiger partial charge on any atom is 0.256 e. The summed E-state index contributed by atoms with van der Waals surface area (Å²) in [4.78, 5) is 27.8.